The molecule has 0 aliphatic carbocycles. The van der Waals surface area contributed by atoms with Gasteiger partial charge in [0.05, 0.1) is 4.88 Å². The number of likely N-dealkylation sites (tertiary alicyclic amines) is 1. The minimum absolute atomic E-state index is 0.715. The molecule has 0 aromatic carbocycles. The van der Waals surface area contributed by atoms with Crippen LogP contribution in [0.3, 0.4) is 0 Å². The van der Waals surface area contributed by atoms with Crippen LogP contribution in [-0.2, 0) is 6.54 Å². The molecule has 2 aromatic rings. The van der Waals surface area contributed by atoms with E-state index in [9.17, 15) is 0 Å². The molecule has 104 valence electrons. The molecule has 0 radical (unpaired) electrons. The van der Waals surface area contributed by atoms with E-state index in [2.05, 4.69) is 31.6 Å². The van der Waals surface area contributed by atoms with Gasteiger partial charge in [0.15, 0.2) is 5.82 Å². The number of fused-ring (bicyclic) bond motifs is 1. The first-order chi connectivity index (χ1) is 9.90. The Morgan fingerprint density at radius 3 is 3.00 bits per heavy atom. The minimum atomic E-state index is 0.715. The lowest BCUT2D eigenvalue weighted by molar-refractivity contribution is 0.243. The van der Waals surface area contributed by atoms with Crippen LogP contribution >= 0.6 is 11.3 Å². The van der Waals surface area contributed by atoms with Gasteiger partial charge in [0.2, 0.25) is 0 Å². The average molecular weight is 286 g/mol. The Labute approximate surface area is 122 Å². The molecule has 0 amide bonds. The number of hydrogen-bond acceptors (Lipinski definition) is 5. The Kier molecular flexibility index (Phi) is 3.26. The maximum absolute atomic E-state index is 4.51. The summed E-state index contributed by atoms with van der Waals surface area (Å²) in [6, 6.07) is 4.82. The summed E-state index contributed by atoms with van der Waals surface area (Å²) in [6.07, 6.45) is 5.29. The Balaban J connectivity index is 1.47. The van der Waals surface area contributed by atoms with Crippen LogP contribution in [0.1, 0.15) is 12.0 Å². The maximum atomic E-state index is 4.51. The Morgan fingerprint density at radius 1 is 1.30 bits per heavy atom. The van der Waals surface area contributed by atoms with Crippen molar-refractivity contribution < 1.29 is 0 Å². The third-order valence-corrected chi connectivity index (χ3v) is 5.26. The van der Waals surface area contributed by atoms with Gasteiger partial charge < -0.3 is 5.32 Å². The highest BCUT2D eigenvalue weighted by Gasteiger charge is 2.37. The second-order valence-corrected chi connectivity index (χ2v) is 6.58. The van der Waals surface area contributed by atoms with Crippen molar-refractivity contribution in [2.24, 2.45) is 5.92 Å². The van der Waals surface area contributed by atoms with E-state index in [1.807, 2.05) is 18.5 Å². The molecule has 2 saturated heterocycles. The predicted molar refractivity (Wildman–Crippen MR) is 80.5 cm³/mol. The summed E-state index contributed by atoms with van der Waals surface area (Å²) in [5, 5.41) is 5.56. The van der Waals surface area contributed by atoms with Crippen molar-refractivity contribution in [2.45, 2.75) is 19.0 Å². The van der Waals surface area contributed by atoms with Gasteiger partial charge in [0, 0.05) is 37.1 Å². The highest BCUT2D eigenvalue weighted by atomic mass is 32.1. The summed E-state index contributed by atoms with van der Waals surface area (Å²) in [7, 11) is 0. The lowest BCUT2D eigenvalue weighted by Crippen LogP contribution is -2.33. The molecule has 4 rings (SSSR count). The van der Waals surface area contributed by atoms with Crippen molar-refractivity contribution in [3.63, 3.8) is 0 Å². The number of thiophene rings is 1. The first-order valence-corrected chi connectivity index (χ1v) is 8.08. The van der Waals surface area contributed by atoms with Gasteiger partial charge in [-0.2, -0.15) is 0 Å². The minimum Gasteiger partial charge on any atom is -0.315 e. The fourth-order valence-corrected chi connectivity index (χ4v) is 4.01. The zero-order chi connectivity index (χ0) is 13.4. The van der Waals surface area contributed by atoms with E-state index in [0.29, 0.717) is 6.04 Å². The van der Waals surface area contributed by atoms with Gasteiger partial charge in [-0.3, -0.25) is 4.90 Å². The Bertz CT molecular complexity index is 566. The first kappa shape index (κ1) is 12.4. The fraction of sp³-hybridized carbons (Fsp3) is 0.467. The van der Waals surface area contributed by atoms with E-state index in [1.165, 1.54) is 25.1 Å². The Hall–Kier alpha value is -1.30. The third kappa shape index (κ3) is 2.26. The van der Waals surface area contributed by atoms with E-state index >= 15 is 0 Å². The molecule has 20 heavy (non-hydrogen) atoms. The van der Waals surface area contributed by atoms with E-state index in [-0.39, 0.29) is 0 Å². The summed E-state index contributed by atoms with van der Waals surface area (Å²) < 4.78 is 0. The average Bonchev–Trinajstić information content (AvgIpc) is 3.18. The van der Waals surface area contributed by atoms with Gasteiger partial charge >= 0.3 is 0 Å². The molecule has 2 fully saturated rings. The zero-order valence-corrected chi connectivity index (χ0v) is 12.1. The highest BCUT2D eigenvalue weighted by molar-refractivity contribution is 7.13. The van der Waals surface area contributed by atoms with E-state index < -0.39 is 0 Å². The molecule has 1 N–H and O–H groups in total. The molecule has 2 aromatic heterocycles. The SMILES string of the molecule is c1csc(-c2ncc(CN3CC[C@H]4CNC[C@H]43)cn2)c1. The smallest absolute Gasteiger partial charge is 0.169 e. The molecular formula is C15H18N4S. The van der Waals surface area contributed by atoms with Gasteiger partial charge in [-0.1, -0.05) is 6.07 Å². The molecule has 0 unspecified atom stereocenters. The molecule has 2 aliphatic rings. The molecule has 2 aliphatic heterocycles. The highest BCUT2D eigenvalue weighted by Crippen LogP contribution is 2.28. The molecule has 5 heteroatoms. The summed E-state index contributed by atoms with van der Waals surface area (Å²) in [6.45, 7) is 4.52. The summed E-state index contributed by atoms with van der Waals surface area (Å²) >= 11 is 1.68. The van der Waals surface area contributed by atoms with Crippen LogP contribution in [-0.4, -0.2) is 40.5 Å². The molecule has 2 atom stereocenters. The van der Waals surface area contributed by atoms with Crippen molar-refractivity contribution in [3.05, 3.63) is 35.5 Å². The second kappa shape index (κ2) is 5.24. The van der Waals surface area contributed by atoms with Crippen LogP contribution in [0.2, 0.25) is 0 Å². The number of nitrogens with one attached hydrogen (secondary N) is 1. The summed E-state index contributed by atoms with van der Waals surface area (Å²) in [4.78, 5) is 12.7. The topological polar surface area (TPSA) is 41.1 Å². The fourth-order valence-electron chi connectivity index (χ4n) is 3.34. The molecule has 0 spiro atoms. The molecular weight excluding hydrogens is 268 g/mol. The van der Waals surface area contributed by atoms with Crippen LogP contribution in [0.15, 0.2) is 29.9 Å². The summed E-state index contributed by atoms with van der Waals surface area (Å²) in [5.41, 5.74) is 1.22. The van der Waals surface area contributed by atoms with Crippen LogP contribution < -0.4 is 5.32 Å². The van der Waals surface area contributed by atoms with Crippen LogP contribution in [0.25, 0.3) is 10.7 Å². The standard InChI is InChI=1S/C15H18N4S/c1-2-14(20-5-1)15-17-6-11(7-18-15)10-19-4-3-12-8-16-9-13(12)19/h1-2,5-7,12-13,16H,3-4,8-10H2/t12-,13+/m0/s1. The van der Waals surface area contributed by atoms with Crippen molar-refractivity contribution in [2.75, 3.05) is 19.6 Å². The maximum Gasteiger partial charge on any atom is 0.169 e. The number of aromatic nitrogens is 2. The first-order valence-electron chi connectivity index (χ1n) is 7.20. The number of hydrogen-bond donors (Lipinski definition) is 1. The predicted octanol–water partition coefficient (Wildman–Crippen LogP) is 2.00. The third-order valence-electron chi connectivity index (χ3n) is 4.39. The van der Waals surface area contributed by atoms with Gasteiger partial charge in [-0.05, 0) is 36.9 Å². The van der Waals surface area contributed by atoms with E-state index in [0.717, 1.165) is 29.7 Å². The van der Waals surface area contributed by atoms with E-state index in [1.54, 1.807) is 11.3 Å². The second-order valence-electron chi connectivity index (χ2n) is 5.64. The van der Waals surface area contributed by atoms with Gasteiger partial charge in [0.1, 0.15) is 0 Å². The lowest BCUT2D eigenvalue weighted by atomic mass is 10.1. The lowest BCUT2D eigenvalue weighted by Gasteiger charge is -2.22. The van der Waals surface area contributed by atoms with Crippen LogP contribution in [0.4, 0.5) is 0 Å². The van der Waals surface area contributed by atoms with Crippen molar-refractivity contribution in [3.8, 4) is 10.7 Å². The molecule has 0 bridgehead atoms. The van der Waals surface area contributed by atoms with Gasteiger partial charge in [-0.25, -0.2) is 9.97 Å². The van der Waals surface area contributed by atoms with Crippen LogP contribution in [0, 0.1) is 5.92 Å². The largest absolute Gasteiger partial charge is 0.315 e. The Morgan fingerprint density at radius 2 is 2.20 bits per heavy atom. The summed E-state index contributed by atoms with van der Waals surface area (Å²) in [5.74, 6) is 1.69. The van der Waals surface area contributed by atoms with E-state index in [4.69, 9.17) is 0 Å². The molecule has 4 heterocycles. The van der Waals surface area contributed by atoms with Gasteiger partial charge in [0.25, 0.3) is 0 Å². The number of rotatable bonds is 3. The molecule has 0 saturated carbocycles. The monoisotopic (exact) mass is 286 g/mol. The van der Waals surface area contributed by atoms with Gasteiger partial charge in [-0.15, -0.1) is 11.3 Å². The van der Waals surface area contributed by atoms with Crippen molar-refractivity contribution in [1.82, 2.24) is 20.2 Å². The molecule has 4 nitrogen and oxygen atoms in total. The van der Waals surface area contributed by atoms with Crippen molar-refractivity contribution in [1.29, 1.82) is 0 Å². The van der Waals surface area contributed by atoms with Crippen molar-refractivity contribution >= 4 is 11.3 Å². The normalized spacial score (nSPS) is 26.0. The quantitative estimate of drug-likeness (QED) is 0.937. The number of nitrogens with zero attached hydrogens (tertiary/aromatic N) is 3. The zero-order valence-electron chi connectivity index (χ0n) is 11.3. The van der Waals surface area contributed by atoms with Crippen LogP contribution in [0.5, 0.6) is 0 Å².